The third-order valence-electron chi connectivity index (χ3n) is 4.47. The second-order valence-corrected chi connectivity index (χ2v) is 6.21. The molecule has 2 atom stereocenters. The summed E-state index contributed by atoms with van der Waals surface area (Å²) in [6, 6.07) is 6.14. The van der Waals surface area contributed by atoms with Crippen LogP contribution in [0.5, 0.6) is 0 Å². The minimum Gasteiger partial charge on any atom is -0.346 e. The van der Waals surface area contributed by atoms with Gasteiger partial charge in [-0.2, -0.15) is 0 Å². The van der Waals surface area contributed by atoms with E-state index in [1.807, 2.05) is 0 Å². The largest absolute Gasteiger partial charge is 0.346 e. The molecule has 1 fully saturated rings. The van der Waals surface area contributed by atoms with Gasteiger partial charge in [0, 0.05) is 6.04 Å². The molecule has 1 amide bonds. The molecule has 1 saturated carbocycles. The molecule has 0 spiro atoms. The zero-order chi connectivity index (χ0) is 16.4. The average Bonchev–Trinajstić information content (AvgIpc) is 2.92. The van der Waals surface area contributed by atoms with Gasteiger partial charge in [0.05, 0.1) is 5.69 Å². The summed E-state index contributed by atoms with van der Waals surface area (Å²) in [4.78, 5) is 16.6. The molecule has 5 nitrogen and oxygen atoms in total. The fourth-order valence-electron chi connectivity index (χ4n) is 3.08. The van der Waals surface area contributed by atoms with E-state index in [1.165, 1.54) is 18.6 Å². The molecule has 0 bridgehead atoms. The van der Waals surface area contributed by atoms with Crippen molar-refractivity contribution in [3.8, 4) is 5.69 Å². The van der Waals surface area contributed by atoms with Crippen molar-refractivity contribution in [1.82, 2.24) is 20.1 Å². The Bertz CT molecular complexity index is 695. The zero-order valence-electron chi connectivity index (χ0n) is 13.4. The molecule has 122 valence electrons. The van der Waals surface area contributed by atoms with Crippen molar-refractivity contribution >= 4 is 5.91 Å². The number of amides is 1. The van der Waals surface area contributed by atoms with Crippen molar-refractivity contribution in [3.63, 3.8) is 0 Å². The minimum absolute atomic E-state index is 0.157. The van der Waals surface area contributed by atoms with Gasteiger partial charge in [-0.1, -0.05) is 19.8 Å². The first kappa shape index (κ1) is 15.6. The van der Waals surface area contributed by atoms with Crippen molar-refractivity contribution in [1.29, 1.82) is 0 Å². The van der Waals surface area contributed by atoms with Crippen LogP contribution in [0.25, 0.3) is 5.69 Å². The molecule has 0 aliphatic heterocycles. The second-order valence-electron chi connectivity index (χ2n) is 6.21. The van der Waals surface area contributed by atoms with Gasteiger partial charge in [-0.15, -0.1) is 5.10 Å². The molecule has 0 unspecified atom stereocenters. The summed E-state index contributed by atoms with van der Waals surface area (Å²) in [6.07, 6.45) is 4.52. The molecule has 1 aromatic carbocycles. The van der Waals surface area contributed by atoms with Crippen LogP contribution in [-0.2, 0) is 0 Å². The van der Waals surface area contributed by atoms with E-state index in [0.717, 1.165) is 19.3 Å². The molecule has 0 radical (unpaired) electrons. The Labute approximate surface area is 134 Å². The average molecular weight is 316 g/mol. The van der Waals surface area contributed by atoms with Crippen LogP contribution in [-0.4, -0.2) is 26.7 Å². The van der Waals surface area contributed by atoms with Crippen LogP contribution in [0.2, 0.25) is 0 Å². The van der Waals surface area contributed by atoms with Crippen LogP contribution < -0.4 is 5.32 Å². The van der Waals surface area contributed by atoms with Crippen LogP contribution >= 0.6 is 0 Å². The molecule has 1 aliphatic carbocycles. The van der Waals surface area contributed by atoms with Gasteiger partial charge in [-0.25, -0.2) is 14.1 Å². The highest BCUT2D eigenvalue weighted by atomic mass is 19.1. The summed E-state index contributed by atoms with van der Waals surface area (Å²) in [7, 11) is 0. The standard InChI is InChI=1S/C17H21FN4O/c1-11-5-3-4-6-15(11)20-17(23)16-19-12(2)22(21-16)14-9-7-13(18)8-10-14/h7-11,15H,3-6H2,1-2H3,(H,20,23)/t11-,15+/m0/s1. The van der Waals surface area contributed by atoms with Crippen LogP contribution in [0.1, 0.15) is 49.1 Å². The monoisotopic (exact) mass is 316 g/mol. The molecule has 1 heterocycles. The van der Waals surface area contributed by atoms with Crippen molar-refractivity contribution in [2.45, 2.75) is 45.6 Å². The summed E-state index contributed by atoms with van der Waals surface area (Å²) in [5.74, 6) is 0.680. The van der Waals surface area contributed by atoms with E-state index in [4.69, 9.17) is 0 Å². The number of carbonyl (C=O) groups excluding carboxylic acids is 1. The SMILES string of the molecule is Cc1nc(C(=O)N[C@@H]2CCCC[C@@H]2C)nn1-c1ccc(F)cc1. The number of aromatic nitrogens is 3. The number of aryl methyl sites for hydroxylation is 1. The van der Waals surface area contributed by atoms with Gasteiger partial charge in [-0.3, -0.25) is 4.79 Å². The lowest BCUT2D eigenvalue weighted by Crippen LogP contribution is -2.41. The van der Waals surface area contributed by atoms with Gasteiger partial charge in [0.15, 0.2) is 0 Å². The maximum Gasteiger partial charge on any atom is 0.291 e. The molecule has 0 saturated heterocycles. The maximum atomic E-state index is 13.0. The van der Waals surface area contributed by atoms with Gasteiger partial charge in [-0.05, 0) is 49.9 Å². The Balaban J connectivity index is 1.77. The topological polar surface area (TPSA) is 59.8 Å². The number of benzene rings is 1. The number of rotatable bonds is 3. The van der Waals surface area contributed by atoms with Crippen LogP contribution in [0.15, 0.2) is 24.3 Å². The van der Waals surface area contributed by atoms with E-state index < -0.39 is 0 Å². The smallest absolute Gasteiger partial charge is 0.291 e. The molecule has 1 aromatic heterocycles. The number of carbonyl (C=O) groups is 1. The summed E-state index contributed by atoms with van der Waals surface area (Å²) in [6.45, 7) is 3.94. The molecular formula is C17H21FN4O. The summed E-state index contributed by atoms with van der Waals surface area (Å²) < 4.78 is 14.6. The molecule has 3 rings (SSSR count). The minimum atomic E-state index is -0.309. The number of nitrogens with zero attached hydrogens (tertiary/aromatic N) is 3. The Hall–Kier alpha value is -2.24. The van der Waals surface area contributed by atoms with E-state index in [2.05, 4.69) is 22.3 Å². The Morgan fingerprint density at radius 1 is 1.26 bits per heavy atom. The third kappa shape index (κ3) is 3.41. The lowest BCUT2D eigenvalue weighted by atomic mass is 9.86. The predicted octanol–water partition coefficient (Wildman–Crippen LogP) is 3.02. The molecule has 1 aliphatic rings. The Kier molecular flexibility index (Phi) is 4.41. The van der Waals surface area contributed by atoms with Crippen molar-refractivity contribution in [3.05, 3.63) is 41.7 Å². The normalized spacial score (nSPS) is 21.2. The highest BCUT2D eigenvalue weighted by Crippen LogP contribution is 2.23. The Morgan fingerprint density at radius 2 is 1.96 bits per heavy atom. The molecule has 2 aromatic rings. The van der Waals surface area contributed by atoms with Crippen LogP contribution in [0.4, 0.5) is 4.39 Å². The zero-order valence-corrected chi connectivity index (χ0v) is 13.4. The lowest BCUT2D eigenvalue weighted by molar-refractivity contribution is 0.0899. The van der Waals surface area contributed by atoms with E-state index >= 15 is 0 Å². The number of halogens is 1. The predicted molar refractivity (Wildman–Crippen MR) is 84.9 cm³/mol. The first-order valence-corrected chi connectivity index (χ1v) is 8.05. The molecule has 6 heteroatoms. The van der Waals surface area contributed by atoms with Gasteiger partial charge < -0.3 is 5.32 Å². The second kappa shape index (κ2) is 6.48. The fourth-order valence-corrected chi connectivity index (χ4v) is 3.08. The third-order valence-corrected chi connectivity index (χ3v) is 4.47. The van der Waals surface area contributed by atoms with Crippen molar-refractivity contribution in [2.75, 3.05) is 0 Å². The summed E-state index contributed by atoms with van der Waals surface area (Å²) in [5.41, 5.74) is 0.682. The first-order valence-electron chi connectivity index (χ1n) is 8.05. The maximum absolute atomic E-state index is 13.0. The van der Waals surface area contributed by atoms with Gasteiger partial charge in [0.25, 0.3) is 5.91 Å². The molecule has 1 N–H and O–H groups in total. The van der Waals surface area contributed by atoms with Gasteiger partial charge in [0.1, 0.15) is 11.6 Å². The van der Waals surface area contributed by atoms with E-state index in [-0.39, 0.29) is 23.6 Å². The lowest BCUT2D eigenvalue weighted by Gasteiger charge is -2.28. The van der Waals surface area contributed by atoms with Gasteiger partial charge >= 0.3 is 0 Å². The van der Waals surface area contributed by atoms with Crippen molar-refractivity contribution in [2.24, 2.45) is 5.92 Å². The van der Waals surface area contributed by atoms with E-state index in [0.29, 0.717) is 17.4 Å². The Morgan fingerprint density at radius 3 is 2.65 bits per heavy atom. The van der Waals surface area contributed by atoms with E-state index in [9.17, 15) is 9.18 Å². The van der Waals surface area contributed by atoms with Gasteiger partial charge in [0.2, 0.25) is 5.82 Å². The fraction of sp³-hybridized carbons (Fsp3) is 0.471. The summed E-state index contributed by atoms with van der Waals surface area (Å²) in [5, 5.41) is 7.32. The highest BCUT2D eigenvalue weighted by Gasteiger charge is 2.25. The van der Waals surface area contributed by atoms with Crippen molar-refractivity contribution < 1.29 is 9.18 Å². The molecular weight excluding hydrogens is 295 g/mol. The van der Waals surface area contributed by atoms with Crippen LogP contribution in [0.3, 0.4) is 0 Å². The van der Waals surface area contributed by atoms with E-state index in [1.54, 1.807) is 23.7 Å². The molecule has 23 heavy (non-hydrogen) atoms. The van der Waals surface area contributed by atoms with Crippen LogP contribution in [0, 0.1) is 18.7 Å². The number of hydrogen-bond acceptors (Lipinski definition) is 3. The number of nitrogens with one attached hydrogen (secondary N) is 1. The summed E-state index contributed by atoms with van der Waals surface area (Å²) >= 11 is 0. The highest BCUT2D eigenvalue weighted by molar-refractivity contribution is 5.90. The first-order chi connectivity index (χ1) is 11.0. The quantitative estimate of drug-likeness (QED) is 0.947. The number of hydrogen-bond donors (Lipinski definition) is 1.